The largest absolute Gasteiger partial charge is 0.396 e. The maximum absolute atomic E-state index is 9.09. The molecule has 0 spiro atoms. The van der Waals surface area contributed by atoms with Crippen molar-refractivity contribution in [3.05, 3.63) is 36.3 Å². The van der Waals surface area contributed by atoms with Gasteiger partial charge in [0, 0.05) is 25.6 Å². The maximum atomic E-state index is 9.09. The number of aromatic nitrogens is 3. The molecule has 0 atom stereocenters. The molecule has 0 saturated heterocycles. The Balaban J connectivity index is 2.27. The molecule has 5 nitrogen and oxygen atoms in total. The first-order valence-corrected chi connectivity index (χ1v) is 6.68. The van der Waals surface area contributed by atoms with E-state index in [9.17, 15) is 0 Å². The number of methoxy groups -OCH3 is 1. The van der Waals surface area contributed by atoms with Crippen molar-refractivity contribution in [1.82, 2.24) is 14.5 Å². The number of hydrogen-bond acceptors (Lipinski definition) is 4. The van der Waals surface area contributed by atoms with E-state index < -0.39 is 0 Å². The van der Waals surface area contributed by atoms with Gasteiger partial charge in [0.15, 0.2) is 0 Å². The van der Waals surface area contributed by atoms with Crippen LogP contribution in [0.3, 0.4) is 0 Å². The van der Waals surface area contributed by atoms with E-state index in [1.54, 1.807) is 13.3 Å². The predicted molar refractivity (Wildman–Crippen MR) is 77.4 cm³/mol. The van der Waals surface area contributed by atoms with E-state index >= 15 is 0 Å². The van der Waals surface area contributed by atoms with Gasteiger partial charge in [0.2, 0.25) is 0 Å². The van der Waals surface area contributed by atoms with Crippen LogP contribution in [0.1, 0.15) is 12.2 Å². The minimum Gasteiger partial charge on any atom is -0.396 e. The lowest BCUT2D eigenvalue weighted by atomic mass is 10.2. The van der Waals surface area contributed by atoms with Crippen LogP contribution in [0.15, 0.2) is 30.5 Å². The average molecular weight is 271 g/mol. The quantitative estimate of drug-likeness (QED) is 0.772. The summed E-state index contributed by atoms with van der Waals surface area (Å²) in [6.45, 7) is 1.34. The van der Waals surface area contributed by atoms with Gasteiger partial charge < -0.3 is 14.4 Å². The molecular formula is C15H17N3O2. The molecule has 2 aromatic heterocycles. The SMILES string of the molecule is COCc1nc2cnc3ccccc3c2n1CCCO. The lowest BCUT2D eigenvalue weighted by Gasteiger charge is -2.09. The second kappa shape index (κ2) is 5.56. The number of pyridine rings is 1. The molecule has 0 unspecified atom stereocenters. The van der Waals surface area contributed by atoms with Crippen LogP contribution in [0.5, 0.6) is 0 Å². The monoisotopic (exact) mass is 271 g/mol. The molecule has 3 aromatic rings. The Labute approximate surface area is 116 Å². The zero-order valence-corrected chi connectivity index (χ0v) is 11.4. The Morgan fingerprint density at radius 2 is 2.10 bits per heavy atom. The lowest BCUT2D eigenvalue weighted by Crippen LogP contribution is -2.06. The molecule has 0 aliphatic rings. The van der Waals surface area contributed by atoms with Crippen molar-refractivity contribution in [2.75, 3.05) is 13.7 Å². The fourth-order valence-corrected chi connectivity index (χ4v) is 2.52. The maximum Gasteiger partial charge on any atom is 0.136 e. The van der Waals surface area contributed by atoms with Crippen molar-refractivity contribution in [2.24, 2.45) is 0 Å². The van der Waals surface area contributed by atoms with Crippen LogP contribution >= 0.6 is 0 Å². The van der Waals surface area contributed by atoms with E-state index in [0.29, 0.717) is 13.0 Å². The fourth-order valence-electron chi connectivity index (χ4n) is 2.52. The third kappa shape index (κ3) is 2.15. The Morgan fingerprint density at radius 3 is 2.90 bits per heavy atom. The molecule has 5 heteroatoms. The van der Waals surface area contributed by atoms with Gasteiger partial charge in [0.05, 0.1) is 17.2 Å². The molecule has 1 aromatic carbocycles. The van der Waals surface area contributed by atoms with Crippen LogP contribution in [0.25, 0.3) is 21.9 Å². The Morgan fingerprint density at radius 1 is 1.25 bits per heavy atom. The van der Waals surface area contributed by atoms with Gasteiger partial charge in [-0.3, -0.25) is 4.98 Å². The summed E-state index contributed by atoms with van der Waals surface area (Å²) in [7, 11) is 1.66. The highest BCUT2D eigenvalue weighted by Crippen LogP contribution is 2.25. The number of aliphatic hydroxyl groups is 1. The summed E-state index contributed by atoms with van der Waals surface area (Å²) in [5, 5.41) is 10.2. The molecule has 0 saturated carbocycles. The number of ether oxygens (including phenoxy) is 1. The average Bonchev–Trinajstić information content (AvgIpc) is 2.83. The first kappa shape index (κ1) is 13.0. The summed E-state index contributed by atoms with van der Waals surface area (Å²) in [5.41, 5.74) is 2.89. The molecule has 0 fully saturated rings. The molecule has 0 radical (unpaired) electrons. The van der Waals surface area contributed by atoms with Gasteiger partial charge in [-0.1, -0.05) is 18.2 Å². The summed E-state index contributed by atoms with van der Waals surface area (Å²) >= 11 is 0. The van der Waals surface area contributed by atoms with Gasteiger partial charge in [-0.25, -0.2) is 4.98 Å². The number of benzene rings is 1. The number of nitrogens with zero attached hydrogens (tertiary/aromatic N) is 3. The zero-order chi connectivity index (χ0) is 13.9. The molecule has 0 aliphatic carbocycles. The Bertz CT molecular complexity index is 736. The van der Waals surface area contributed by atoms with Gasteiger partial charge in [-0.15, -0.1) is 0 Å². The Hall–Kier alpha value is -1.98. The molecule has 1 N–H and O–H groups in total. The summed E-state index contributed by atoms with van der Waals surface area (Å²) in [5.74, 6) is 0.870. The highest BCUT2D eigenvalue weighted by Gasteiger charge is 2.13. The van der Waals surface area contributed by atoms with Crippen molar-refractivity contribution in [3.8, 4) is 0 Å². The third-order valence-corrected chi connectivity index (χ3v) is 3.37. The minimum atomic E-state index is 0.162. The van der Waals surface area contributed by atoms with Crippen molar-refractivity contribution < 1.29 is 9.84 Å². The second-order valence-corrected chi connectivity index (χ2v) is 4.70. The summed E-state index contributed by atoms with van der Waals surface area (Å²) in [4.78, 5) is 9.04. The van der Waals surface area contributed by atoms with Crippen molar-refractivity contribution >= 4 is 21.9 Å². The molecule has 104 valence electrons. The van der Waals surface area contributed by atoms with Crippen LogP contribution < -0.4 is 0 Å². The van der Waals surface area contributed by atoms with Gasteiger partial charge in [-0.2, -0.15) is 0 Å². The number of para-hydroxylation sites is 1. The zero-order valence-electron chi connectivity index (χ0n) is 11.4. The number of fused-ring (bicyclic) bond motifs is 3. The topological polar surface area (TPSA) is 60.2 Å². The molecular weight excluding hydrogens is 254 g/mol. The number of rotatable bonds is 5. The Kier molecular flexibility index (Phi) is 3.62. The minimum absolute atomic E-state index is 0.162. The molecule has 0 amide bonds. The van der Waals surface area contributed by atoms with E-state index in [2.05, 4.69) is 20.6 Å². The van der Waals surface area contributed by atoms with Gasteiger partial charge >= 0.3 is 0 Å². The number of imidazole rings is 1. The normalized spacial score (nSPS) is 11.5. The first-order chi connectivity index (χ1) is 9.85. The fraction of sp³-hybridized carbons (Fsp3) is 0.333. The summed E-state index contributed by atoms with van der Waals surface area (Å²) in [6, 6.07) is 8.03. The lowest BCUT2D eigenvalue weighted by molar-refractivity contribution is 0.174. The smallest absolute Gasteiger partial charge is 0.136 e. The van der Waals surface area contributed by atoms with Gasteiger partial charge in [0.25, 0.3) is 0 Å². The number of hydrogen-bond donors (Lipinski definition) is 1. The molecule has 0 bridgehead atoms. The van der Waals surface area contributed by atoms with Crippen molar-refractivity contribution in [1.29, 1.82) is 0 Å². The van der Waals surface area contributed by atoms with Crippen LogP contribution in [-0.4, -0.2) is 33.4 Å². The predicted octanol–water partition coefficient (Wildman–Crippen LogP) is 2.11. The molecule has 3 rings (SSSR count). The van der Waals surface area contributed by atoms with E-state index in [0.717, 1.165) is 34.3 Å². The summed E-state index contributed by atoms with van der Waals surface area (Å²) in [6.07, 6.45) is 2.49. The van der Waals surface area contributed by atoms with Gasteiger partial charge in [-0.05, 0) is 12.5 Å². The molecule has 20 heavy (non-hydrogen) atoms. The van der Waals surface area contributed by atoms with Crippen molar-refractivity contribution in [3.63, 3.8) is 0 Å². The summed E-state index contributed by atoms with van der Waals surface area (Å²) < 4.78 is 7.35. The van der Waals surface area contributed by atoms with Crippen LogP contribution in [-0.2, 0) is 17.9 Å². The van der Waals surface area contributed by atoms with Crippen LogP contribution in [0.4, 0.5) is 0 Å². The van der Waals surface area contributed by atoms with Crippen LogP contribution in [0, 0.1) is 0 Å². The third-order valence-electron chi connectivity index (χ3n) is 3.37. The number of aryl methyl sites for hydroxylation is 1. The molecule has 0 aliphatic heterocycles. The highest BCUT2D eigenvalue weighted by atomic mass is 16.5. The van der Waals surface area contributed by atoms with Crippen LogP contribution in [0.2, 0.25) is 0 Å². The van der Waals surface area contributed by atoms with E-state index in [1.165, 1.54) is 0 Å². The number of aliphatic hydroxyl groups excluding tert-OH is 1. The van der Waals surface area contributed by atoms with E-state index in [1.807, 2.05) is 18.2 Å². The molecule has 2 heterocycles. The first-order valence-electron chi connectivity index (χ1n) is 6.68. The standard InChI is InChI=1S/C15H17N3O2/c1-20-10-14-17-13-9-16-12-6-3-2-5-11(12)15(13)18(14)7-4-8-19/h2-3,5-6,9,19H,4,7-8,10H2,1H3. The van der Waals surface area contributed by atoms with Crippen molar-refractivity contribution in [2.45, 2.75) is 19.6 Å². The second-order valence-electron chi connectivity index (χ2n) is 4.70. The van der Waals surface area contributed by atoms with E-state index in [-0.39, 0.29) is 6.61 Å². The van der Waals surface area contributed by atoms with E-state index in [4.69, 9.17) is 9.84 Å². The highest BCUT2D eigenvalue weighted by molar-refractivity contribution is 6.02. The van der Waals surface area contributed by atoms with Gasteiger partial charge in [0.1, 0.15) is 17.9 Å².